The van der Waals surface area contributed by atoms with Crippen molar-refractivity contribution in [3.63, 3.8) is 0 Å². The van der Waals surface area contributed by atoms with E-state index in [0.717, 1.165) is 11.8 Å². The molecule has 11 heavy (non-hydrogen) atoms. The van der Waals surface area contributed by atoms with Gasteiger partial charge in [0.15, 0.2) is 0 Å². The molecular weight excluding hydrogens is 138 g/mol. The maximum atomic E-state index is 5.45. The van der Waals surface area contributed by atoms with Crippen LogP contribution in [-0.2, 0) is 4.74 Å². The molecule has 2 aliphatic rings. The molecule has 3 unspecified atom stereocenters. The predicted molar refractivity (Wildman–Crippen MR) is 44.5 cm³/mol. The van der Waals surface area contributed by atoms with Gasteiger partial charge in [0.25, 0.3) is 0 Å². The number of rotatable bonds is 1. The highest BCUT2D eigenvalue weighted by Gasteiger charge is 2.38. The molecule has 1 saturated heterocycles. The Kier molecular flexibility index (Phi) is 1.90. The highest BCUT2D eigenvalue weighted by atomic mass is 16.5. The molecule has 0 spiro atoms. The van der Waals surface area contributed by atoms with Crippen LogP contribution in [-0.4, -0.2) is 38.3 Å². The van der Waals surface area contributed by atoms with E-state index in [1.165, 1.54) is 25.9 Å². The Bertz CT molecular complexity index is 148. The molecule has 0 radical (unpaired) electrons. The van der Waals surface area contributed by atoms with E-state index in [0.29, 0.717) is 6.10 Å². The minimum Gasteiger partial charge on any atom is -0.381 e. The van der Waals surface area contributed by atoms with Gasteiger partial charge in [0.2, 0.25) is 0 Å². The van der Waals surface area contributed by atoms with E-state index in [1.807, 2.05) is 7.11 Å². The summed E-state index contributed by atoms with van der Waals surface area (Å²) in [4.78, 5) is 2.44. The van der Waals surface area contributed by atoms with Crippen LogP contribution in [0.2, 0.25) is 0 Å². The fourth-order valence-electron chi connectivity index (χ4n) is 2.74. The third-order valence-corrected chi connectivity index (χ3v) is 3.15. The minimum absolute atomic E-state index is 0.560. The average Bonchev–Trinajstić information content (AvgIpc) is 2.25. The van der Waals surface area contributed by atoms with Crippen LogP contribution in [0.25, 0.3) is 0 Å². The molecule has 0 amide bonds. The van der Waals surface area contributed by atoms with Crippen molar-refractivity contribution in [2.45, 2.75) is 18.9 Å². The first-order chi connectivity index (χ1) is 5.29. The van der Waals surface area contributed by atoms with Crippen LogP contribution in [0.5, 0.6) is 0 Å². The van der Waals surface area contributed by atoms with Gasteiger partial charge in [-0.05, 0) is 31.7 Å². The van der Waals surface area contributed by atoms with E-state index in [1.54, 1.807) is 0 Å². The second-order valence-electron chi connectivity index (χ2n) is 4.09. The molecule has 1 heterocycles. The zero-order chi connectivity index (χ0) is 7.84. The SMILES string of the molecule is COC1CC2CC1CN(C)C2. The average molecular weight is 155 g/mol. The van der Waals surface area contributed by atoms with Crippen molar-refractivity contribution in [3.05, 3.63) is 0 Å². The molecule has 1 saturated carbocycles. The highest BCUT2D eigenvalue weighted by molar-refractivity contribution is 4.90. The Labute approximate surface area is 68.5 Å². The van der Waals surface area contributed by atoms with Crippen molar-refractivity contribution >= 4 is 0 Å². The second-order valence-corrected chi connectivity index (χ2v) is 4.09. The van der Waals surface area contributed by atoms with E-state index in [-0.39, 0.29) is 0 Å². The van der Waals surface area contributed by atoms with Gasteiger partial charge in [-0.3, -0.25) is 0 Å². The van der Waals surface area contributed by atoms with Crippen LogP contribution in [0.1, 0.15) is 12.8 Å². The Morgan fingerprint density at radius 1 is 1.27 bits per heavy atom. The van der Waals surface area contributed by atoms with Crippen LogP contribution >= 0.6 is 0 Å². The van der Waals surface area contributed by atoms with E-state index >= 15 is 0 Å². The lowest BCUT2D eigenvalue weighted by Crippen LogP contribution is -2.34. The van der Waals surface area contributed by atoms with Crippen molar-refractivity contribution in [3.8, 4) is 0 Å². The molecule has 0 N–H and O–H groups in total. The van der Waals surface area contributed by atoms with Crippen molar-refractivity contribution in [2.24, 2.45) is 11.8 Å². The molecule has 1 aliphatic heterocycles. The van der Waals surface area contributed by atoms with Gasteiger partial charge in [-0.25, -0.2) is 0 Å². The normalized spacial score (nSPS) is 44.7. The van der Waals surface area contributed by atoms with Crippen molar-refractivity contribution < 1.29 is 4.74 Å². The predicted octanol–water partition coefficient (Wildman–Crippen LogP) is 0.973. The lowest BCUT2D eigenvalue weighted by atomic mass is 9.99. The Hall–Kier alpha value is -0.0800. The summed E-state index contributed by atoms with van der Waals surface area (Å²) in [5.41, 5.74) is 0. The molecular formula is C9H17NO. The summed E-state index contributed by atoms with van der Waals surface area (Å²) in [6.45, 7) is 2.53. The fraction of sp³-hybridized carbons (Fsp3) is 1.00. The first kappa shape index (κ1) is 7.56. The van der Waals surface area contributed by atoms with Gasteiger partial charge >= 0.3 is 0 Å². The smallest absolute Gasteiger partial charge is 0.0614 e. The van der Waals surface area contributed by atoms with Gasteiger partial charge in [0, 0.05) is 20.2 Å². The molecule has 3 atom stereocenters. The zero-order valence-corrected chi connectivity index (χ0v) is 7.42. The maximum Gasteiger partial charge on any atom is 0.0614 e. The van der Waals surface area contributed by atoms with Crippen molar-refractivity contribution in [1.82, 2.24) is 4.90 Å². The van der Waals surface area contributed by atoms with E-state index in [9.17, 15) is 0 Å². The lowest BCUT2D eigenvalue weighted by molar-refractivity contribution is 0.0625. The summed E-state index contributed by atoms with van der Waals surface area (Å²) in [5, 5.41) is 0. The molecule has 64 valence electrons. The summed E-state index contributed by atoms with van der Waals surface area (Å²) in [7, 11) is 4.07. The molecule has 2 fully saturated rings. The molecule has 2 nitrogen and oxygen atoms in total. The van der Waals surface area contributed by atoms with E-state index in [4.69, 9.17) is 4.74 Å². The summed E-state index contributed by atoms with van der Waals surface area (Å²) in [6, 6.07) is 0. The van der Waals surface area contributed by atoms with Crippen LogP contribution in [0.4, 0.5) is 0 Å². The quantitative estimate of drug-likeness (QED) is 0.559. The summed E-state index contributed by atoms with van der Waals surface area (Å²) in [5.74, 6) is 1.74. The third-order valence-electron chi connectivity index (χ3n) is 3.15. The van der Waals surface area contributed by atoms with Crippen LogP contribution < -0.4 is 0 Å². The summed E-state index contributed by atoms with van der Waals surface area (Å²) < 4.78 is 5.45. The monoisotopic (exact) mass is 155 g/mol. The summed E-state index contributed by atoms with van der Waals surface area (Å²) in [6.07, 6.45) is 3.26. The van der Waals surface area contributed by atoms with Gasteiger partial charge in [-0.1, -0.05) is 0 Å². The van der Waals surface area contributed by atoms with Gasteiger partial charge in [-0.15, -0.1) is 0 Å². The first-order valence-electron chi connectivity index (χ1n) is 4.51. The molecule has 0 aromatic carbocycles. The highest BCUT2D eigenvalue weighted by Crippen LogP contribution is 2.37. The Balaban J connectivity index is 2.02. The van der Waals surface area contributed by atoms with Crippen LogP contribution in [0, 0.1) is 11.8 Å². The molecule has 0 aromatic heterocycles. The molecule has 2 bridgehead atoms. The molecule has 2 rings (SSSR count). The van der Waals surface area contributed by atoms with Crippen LogP contribution in [0.15, 0.2) is 0 Å². The fourth-order valence-corrected chi connectivity index (χ4v) is 2.74. The lowest BCUT2D eigenvalue weighted by Gasteiger charge is -2.28. The Morgan fingerprint density at radius 3 is 2.82 bits per heavy atom. The van der Waals surface area contributed by atoms with Gasteiger partial charge in [0.05, 0.1) is 6.10 Å². The van der Waals surface area contributed by atoms with Gasteiger partial charge < -0.3 is 9.64 Å². The number of hydrogen-bond acceptors (Lipinski definition) is 2. The van der Waals surface area contributed by atoms with Crippen molar-refractivity contribution in [2.75, 3.05) is 27.2 Å². The number of ether oxygens (including phenoxy) is 1. The maximum absolute atomic E-state index is 5.45. The summed E-state index contributed by atoms with van der Waals surface area (Å²) >= 11 is 0. The molecule has 1 aliphatic carbocycles. The van der Waals surface area contributed by atoms with Gasteiger partial charge in [-0.2, -0.15) is 0 Å². The second kappa shape index (κ2) is 2.76. The van der Waals surface area contributed by atoms with E-state index in [2.05, 4.69) is 11.9 Å². The van der Waals surface area contributed by atoms with Gasteiger partial charge in [0.1, 0.15) is 0 Å². The first-order valence-corrected chi connectivity index (χ1v) is 4.51. The number of nitrogens with zero attached hydrogens (tertiary/aromatic N) is 1. The topological polar surface area (TPSA) is 12.5 Å². The number of methoxy groups -OCH3 is 1. The standard InChI is InChI=1S/C9H17NO/c1-10-5-7-3-8(6-10)9(4-7)11-2/h7-9H,3-6H2,1-2H3. The molecule has 0 aromatic rings. The molecule has 2 heteroatoms. The number of likely N-dealkylation sites (tertiary alicyclic amines) is 1. The Morgan fingerprint density at radius 2 is 2.09 bits per heavy atom. The largest absolute Gasteiger partial charge is 0.381 e. The zero-order valence-electron chi connectivity index (χ0n) is 7.42. The number of fused-ring (bicyclic) bond motifs is 2. The third kappa shape index (κ3) is 1.30. The number of piperidine rings is 1. The van der Waals surface area contributed by atoms with Crippen molar-refractivity contribution in [1.29, 1.82) is 0 Å². The van der Waals surface area contributed by atoms with E-state index < -0.39 is 0 Å². The minimum atomic E-state index is 0.560. The number of hydrogen-bond donors (Lipinski definition) is 0. The van der Waals surface area contributed by atoms with Crippen LogP contribution in [0.3, 0.4) is 0 Å².